The summed E-state index contributed by atoms with van der Waals surface area (Å²) in [6.45, 7) is 2.53. The SMILES string of the molecule is COc1ccc(CCNC(=O)c2sc3nc(-c4ccc(C)cc4)ccc3c2N)cc1OC. The molecule has 0 spiro atoms. The van der Waals surface area contributed by atoms with Crippen LogP contribution in [-0.4, -0.2) is 31.7 Å². The van der Waals surface area contributed by atoms with Crippen molar-refractivity contribution in [3.05, 3.63) is 70.6 Å². The number of thiophene rings is 1. The van der Waals surface area contributed by atoms with Crippen LogP contribution in [-0.2, 0) is 6.42 Å². The fourth-order valence-electron chi connectivity index (χ4n) is 3.49. The van der Waals surface area contributed by atoms with Gasteiger partial charge in [0.2, 0.25) is 0 Å². The predicted molar refractivity (Wildman–Crippen MR) is 130 cm³/mol. The zero-order chi connectivity index (χ0) is 22.7. The first kappa shape index (κ1) is 21.6. The number of fused-ring (bicyclic) bond motifs is 1. The highest BCUT2D eigenvalue weighted by Crippen LogP contribution is 2.34. The molecule has 0 saturated heterocycles. The summed E-state index contributed by atoms with van der Waals surface area (Å²) in [4.78, 5) is 18.8. The molecule has 0 unspecified atom stereocenters. The Labute approximate surface area is 191 Å². The number of nitrogens with zero attached hydrogens (tertiary/aromatic N) is 1. The van der Waals surface area contributed by atoms with E-state index in [4.69, 9.17) is 20.2 Å². The molecule has 4 aromatic rings. The van der Waals surface area contributed by atoms with E-state index in [1.165, 1.54) is 16.9 Å². The third-order valence-corrected chi connectivity index (χ3v) is 6.41. The second-order valence-corrected chi connectivity index (χ2v) is 8.45. The lowest BCUT2D eigenvalue weighted by Gasteiger charge is -2.10. The van der Waals surface area contributed by atoms with Crippen molar-refractivity contribution in [2.45, 2.75) is 13.3 Å². The summed E-state index contributed by atoms with van der Waals surface area (Å²) in [5, 5.41) is 3.76. The minimum absolute atomic E-state index is 0.192. The van der Waals surface area contributed by atoms with Crippen molar-refractivity contribution >= 4 is 33.1 Å². The molecule has 32 heavy (non-hydrogen) atoms. The highest BCUT2D eigenvalue weighted by Gasteiger charge is 2.17. The number of pyridine rings is 1. The van der Waals surface area contributed by atoms with E-state index in [0.29, 0.717) is 35.0 Å². The molecule has 0 fully saturated rings. The number of benzene rings is 2. The lowest BCUT2D eigenvalue weighted by Crippen LogP contribution is -2.25. The third-order valence-electron chi connectivity index (χ3n) is 5.29. The van der Waals surface area contributed by atoms with Gasteiger partial charge in [0, 0.05) is 17.5 Å². The van der Waals surface area contributed by atoms with Crippen LogP contribution in [0.3, 0.4) is 0 Å². The number of ether oxygens (including phenoxy) is 2. The van der Waals surface area contributed by atoms with E-state index in [1.54, 1.807) is 14.2 Å². The van der Waals surface area contributed by atoms with E-state index in [1.807, 2.05) is 42.5 Å². The Kier molecular flexibility index (Phi) is 6.28. The predicted octanol–water partition coefficient (Wildman–Crippen LogP) is 4.84. The van der Waals surface area contributed by atoms with Gasteiger partial charge in [-0.1, -0.05) is 35.9 Å². The van der Waals surface area contributed by atoms with Crippen LogP contribution in [0.15, 0.2) is 54.6 Å². The first-order chi connectivity index (χ1) is 15.5. The van der Waals surface area contributed by atoms with Gasteiger partial charge in [0.15, 0.2) is 11.5 Å². The van der Waals surface area contributed by atoms with Crippen LogP contribution in [0.4, 0.5) is 5.69 Å². The maximum absolute atomic E-state index is 12.8. The summed E-state index contributed by atoms with van der Waals surface area (Å²) in [5.74, 6) is 1.15. The Morgan fingerprint density at radius 1 is 1.03 bits per heavy atom. The highest BCUT2D eigenvalue weighted by molar-refractivity contribution is 7.21. The second kappa shape index (κ2) is 9.28. The normalized spacial score (nSPS) is 10.8. The van der Waals surface area contributed by atoms with Crippen molar-refractivity contribution in [2.75, 3.05) is 26.5 Å². The fraction of sp³-hybridized carbons (Fsp3) is 0.200. The number of aromatic nitrogens is 1. The van der Waals surface area contributed by atoms with E-state index in [-0.39, 0.29) is 5.91 Å². The molecule has 2 aromatic heterocycles. The topological polar surface area (TPSA) is 86.5 Å². The molecule has 7 heteroatoms. The minimum Gasteiger partial charge on any atom is -0.493 e. The Morgan fingerprint density at radius 3 is 2.50 bits per heavy atom. The molecule has 1 amide bonds. The zero-order valence-electron chi connectivity index (χ0n) is 18.3. The molecule has 164 valence electrons. The molecule has 2 heterocycles. The number of carbonyl (C=O) groups excluding carboxylic acids is 1. The second-order valence-electron chi connectivity index (χ2n) is 7.46. The molecule has 0 aliphatic rings. The number of methoxy groups -OCH3 is 2. The lowest BCUT2D eigenvalue weighted by molar-refractivity contribution is 0.0959. The molecule has 0 bridgehead atoms. The van der Waals surface area contributed by atoms with Gasteiger partial charge in [0.05, 0.1) is 25.6 Å². The average Bonchev–Trinajstić information content (AvgIpc) is 3.15. The molecule has 3 N–H and O–H groups in total. The van der Waals surface area contributed by atoms with Gasteiger partial charge in [-0.05, 0) is 43.2 Å². The van der Waals surface area contributed by atoms with Crippen LogP contribution in [0.2, 0.25) is 0 Å². The Balaban J connectivity index is 1.47. The first-order valence-corrected chi connectivity index (χ1v) is 11.1. The number of rotatable bonds is 7. The van der Waals surface area contributed by atoms with Crippen LogP contribution in [0, 0.1) is 6.92 Å². The van der Waals surface area contributed by atoms with Crippen molar-refractivity contribution < 1.29 is 14.3 Å². The molecule has 6 nitrogen and oxygen atoms in total. The highest BCUT2D eigenvalue weighted by atomic mass is 32.1. The van der Waals surface area contributed by atoms with Crippen molar-refractivity contribution in [1.29, 1.82) is 0 Å². The zero-order valence-corrected chi connectivity index (χ0v) is 19.1. The van der Waals surface area contributed by atoms with E-state index >= 15 is 0 Å². The summed E-state index contributed by atoms with van der Waals surface area (Å²) < 4.78 is 10.6. The van der Waals surface area contributed by atoms with Crippen LogP contribution >= 0.6 is 11.3 Å². The van der Waals surface area contributed by atoms with Crippen molar-refractivity contribution in [2.24, 2.45) is 0 Å². The molecule has 0 aliphatic heterocycles. The van der Waals surface area contributed by atoms with Gasteiger partial charge >= 0.3 is 0 Å². The largest absolute Gasteiger partial charge is 0.493 e. The van der Waals surface area contributed by atoms with E-state index in [0.717, 1.165) is 27.0 Å². The molecule has 4 rings (SSSR count). The van der Waals surface area contributed by atoms with Gasteiger partial charge in [-0.15, -0.1) is 11.3 Å². The average molecular weight is 448 g/mol. The lowest BCUT2D eigenvalue weighted by atomic mass is 10.1. The number of carbonyl (C=O) groups is 1. The maximum atomic E-state index is 12.8. The van der Waals surface area contributed by atoms with E-state index in [2.05, 4.69) is 24.4 Å². The van der Waals surface area contributed by atoms with Crippen LogP contribution < -0.4 is 20.5 Å². The van der Waals surface area contributed by atoms with Gasteiger partial charge in [0.1, 0.15) is 9.71 Å². The molecule has 0 radical (unpaired) electrons. The molecule has 2 aromatic carbocycles. The van der Waals surface area contributed by atoms with Crippen LogP contribution in [0.5, 0.6) is 11.5 Å². The number of anilines is 1. The molecule has 0 atom stereocenters. The van der Waals surface area contributed by atoms with Gasteiger partial charge in [-0.2, -0.15) is 0 Å². The standard InChI is InChI=1S/C25H25N3O3S/c1-15-4-7-17(8-5-15)19-10-9-18-22(26)23(32-25(18)28-19)24(29)27-13-12-16-6-11-20(30-2)21(14-16)31-3/h4-11,14H,12-13,26H2,1-3H3,(H,27,29). The summed E-state index contributed by atoms with van der Waals surface area (Å²) in [6, 6.07) is 17.8. The number of nitrogens with one attached hydrogen (secondary N) is 1. The summed E-state index contributed by atoms with van der Waals surface area (Å²) in [6.07, 6.45) is 0.659. The third kappa shape index (κ3) is 4.38. The number of hydrogen-bond acceptors (Lipinski definition) is 6. The Hall–Kier alpha value is -3.58. The van der Waals surface area contributed by atoms with Crippen molar-refractivity contribution in [3.8, 4) is 22.8 Å². The van der Waals surface area contributed by atoms with Gasteiger partial charge in [-0.3, -0.25) is 4.79 Å². The summed E-state index contributed by atoms with van der Waals surface area (Å²) in [5.41, 5.74) is 10.9. The van der Waals surface area contributed by atoms with Crippen molar-refractivity contribution in [1.82, 2.24) is 10.3 Å². The first-order valence-electron chi connectivity index (χ1n) is 10.3. The van der Waals surface area contributed by atoms with Gasteiger partial charge < -0.3 is 20.5 Å². The fourth-order valence-corrected chi connectivity index (χ4v) is 4.50. The number of aryl methyl sites for hydroxylation is 1. The summed E-state index contributed by atoms with van der Waals surface area (Å²) in [7, 11) is 3.21. The Bertz CT molecular complexity index is 1270. The van der Waals surface area contributed by atoms with E-state index < -0.39 is 0 Å². The molecular formula is C25H25N3O3S. The quantitative estimate of drug-likeness (QED) is 0.423. The molecular weight excluding hydrogens is 422 g/mol. The minimum atomic E-state index is -0.192. The van der Waals surface area contributed by atoms with Crippen LogP contribution in [0.25, 0.3) is 21.5 Å². The van der Waals surface area contributed by atoms with Crippen LogP contribution in [0.1, 0.15) is 20.8 Å². The smallest absolute Gasteiger partial charge is 0.263 e. The van der Waals surface area contributed by atoms with Gasteiger partial charge in [0.25, 0.3) is 5.91 Å². The summed E-state index contributed by atoms with van der Waals surface area (Å²) >= 11 is 1.32. The van der Waals surface area contributed by atoms with E-state index in [9.17, 15) is 4.79 Å². The monoisotopic (exact) mass is 447 g/mol. The number of nitrogens with two attached hydrogens (primary N) is 1. The van der Waals surface area contributed by atoms with Crippen molar-refractivity contribution in [3.63, 3.8) is 0 Å². The maximum Gasteiger partial charge on any atom is 0.263 e. The Morgan fingerprint density at radius 2 is 1.78 bits per heavy atom. The van der Waals surface area contributed by atoms with Gasteiger partial charge in [-0.25, -0.2) is 4.98 Å². The number of nitrogen functional groups attached to an aromatic ring is 1. The molecule has 0 saturated carbocycles. The number of hydrogen-bond donors (Lipinski definition) is 2. The molecule has 0 aliphatic carbocycles. The number of amides is 1.